The lowest BCUT2D eigenvalue weighted by Crippen LogP contribution is -2.12. The van der Waals surface area contributed by atoms with Gasteiger partial charge >= 0.3 is 6.09 Å². The summed E-state index contributed by atoms with van der Waals surface area (Å²) in [6.07, 6.45) is -0.799. The summed E-state index contributed by atoms with van der Waals surface area (Å²) in [5.74, 6) is 0.606. The third kappa shape index (κ3) is 2.05. The number of carbonyl (C=O) groups excluding carboxylic acids is 1. The summed E-state index contributed by atoms with van der Waals surface area (Å²) in [6, 6.07) is 2.50. The molecule has 17 heavy (non-hydrogen) atoms. The van der Waals surface area contributed by atoms with E-state index in [1.165, 1.54) is 12.1 Å². The van der Waals surface area contributed by atoms with Gasteiger partial charge in [-0.1, -0.05) is 0 Å². The third-order valence-corrected chi connectivity index (χ3v) is 2.11. The highest BCUT2D eigenvalue weighted by atomic mass is 16.7. The van der Waals surface area contributed by atoms with Crippen LogP contribution in [0.4, 0.5) is 16.2 Å². The second-order valence-electron chi connectivity index (χ2n) is 3.10. The molecule has 0 aromatic heterocycles. The molecule has 0 radical (unpaired) electrons. The number of carbonyl (C=O) groups is 1. The van der Waals surface area contributed by atoms with Gasteiger partial charge in [0.2, 0.25) is 6.79 Å². The van der Waals surface area contributed by atoms with Crippen LogP contribution in [0.15, 0.2) is 12.1 Å². The van der Waals surface area contributed by atoms with Crippen molar-refractivity contribution in [1.82, 2.24) is 0 Å². The maximum Gasteiger partial charge on any atom is 0.411 e. The first-order valence-electron chi connectivity index (χ1n) is 4.55. The Morgan fingerprint density at radius 3 is 2.71 bits per heavy atom. The molecule has 0 fully saturated rings. The molecule has 1 amide bonds. The fourth-order valence-electron chi connectivity index (χ4n) is 1.34. The van der Waals surface area contributed by atoms with Gasteiger partial charge in [-0.25, -0.2) is 4.79 Å². The predicted molar refractivity (Wildman–Crippen MR) is 55.2 cm³/mol. The molecule has 8 nitrogen and oxygen atoms in total. The molecular weight excluding hydrogens is 232 g/mol. The minimum absolute atomic E-state index is 0.00579. The van der Waals surface area contributed by atoms with Crippen molar-refractivity contribution in [1.29, 1.82) is 0 Å². The van der Waals surface area contributed by atoms with Crippen molar-refractivity contribution in [2.24, 2.45) is 0 Å². The van der Waals surface area contributed by atoms with Crippen LogP contribution in [0.5, 0.6) is 11.5 Å². The fraction of sp³-hybridized carbons (Fsp3) is 0.222. The Kier molecular flexibility index (Phi) is 2.69. The molecule has 0 saturated heterocycles. The van der Waals surface area contributed by atoms with Crippen molar-refractivity contribution < 1.29 is 23.9 Å². The molecule has 1 aromatic carbocycles. The Balaban J connectivity index is 2.41. The Labute approximate surface area is 95.2 Å². The Bertz CT molecular complexity index is 487. The molecule has 8 heteroatoms. The summed E-state index contributed by atoms with van der Waals surface area (Å²) in [4.78, 5) is 21.2. The van der Waals surface area contributed by atoms with Gasteiger partial charge in [0.1, 0.15) is 5.69 Å². The zero-order chi connectivity index (χ0) is 12.4. The number of nitro benzene ring substituents is 1. The Morgan fingerprint density at radius 1 is 1.47 bits per heavy atom. The summed E-state index contributed by atoms with van der Waals surface area (Å²) in [7, 11) is 1.16. The van der Waals surface area contributed by atoms with E-state index in [-0.39, 0.29) is 23.9 Å². The topological polar surface area (TPSA) is 99.9 Å². The van der Waals surface area contributed by atoms with Crippen LogP contribution in [0, 0.1) is 10.1 Å². The maximum absolute atomic E-state index is 11.0. The van der Waals surface area contributed by atoms with Crippen molar-refractivity contribution in [3.05, 3.63) is 22.2 Å². The number of anilines is 1. The van der Waals surface area contributed by atoms with Crippen LogP contribution in [-0.4, -0.2) is 24.9 Å². The highest BCUT2D eigenvalue weighted by molar-refractivity contribution is 5.88. The lowest BCUT2D eigenvalue weighted by molar-refractivity contribution is -0.384. The third-order valence-electron chi connectivity index (χ3n) is 2.11. The van der Waals surface area contributed by atoms with Gasteiger partial charge in [-0.05, 0) is 0 Å². The molecule has 0 unspecified atom stereocenters. The van der Waals surface area contributed by atoms with Crippen molar-refractivity contribution in [2.45, 2.75) is 0 Å². The number of amides is 1. The lowest BCUT2D eigenvalue weighted by atomic mass is 10.2. The first kappa shape index (κ1) is 11.0. The Morgan fingerprint density at radius 2 is 2.12 bits per heavy atom. The first-order valence-corrected chi connectivity index (χ1v) is 4.55. The SMILES string of the molecule is COC(=O)Nc1cc2c(cc1[N+](=O)[O-])OCO2. The smallest absolute Gasteiger partial charge is 0.411 e. The number of fused-ring (bicyclic) bond motifs is 1. The molecule has 1 aliphatic heterocycles. The number of hydrogen-bond acceptors (Lipinski definition) is 6. The minimum atomic E-state index is -0.799. The van der Waals surface area contributed by atoms with E-state index in [4.69, 9.17) is 9.47 Å². The maximum atomic E-state index is 11.0. The van der Waals surface area contributed by atoms with Gasteiger partial charge in [0, 0.05) is 6.07 Å². The highest BCUT2D eigenvalue weighted by Crippen LogP contribution is 2.40. The average molecular weight is 240 g/mol. The van der Waals surface area contributed by atoms with E-state index >= 15 is 0 Å². The number of benzene rings is 1. The van der Waals surface area contributed by atoms with Crippen LogP contribution in [0.3, 0.4) is 0 Å². The van der Waals surface area contributed by atoms with Gasteiger partial charge in [0.25, 0.3) is 5.69 Å². The van der Waals surface area contributed by atoms with Gasteiger partial charge < -0.3 is 14.2 Å². The van der Waals surface area contributed by atoms with Crippen molar-refractivity contribution in [3.63, 3.8) is 0 Å². The molecule has 0 atom stereocenters. The molecule has 1 N–H and O–H groups in total. The van der Waals surface area contributed by atoms with E-state index < -0.39 is 11.0 Å². The second-order valence-corrected chi connectivity index (χ2v) is 3.10. The van der Waals surface area contributed by atoms with Gasteiger partial charge in [-0.15, -0.1) is 0 Å². The Hall–Kier alpha value is -2.51. The summed E-state index contributed by atoms with van der Waals surface area (Å²) >= 11 is 0. The monoisotopic (exact) mass is 240 g/mol. The molecule has 0 bridgehead atoms. The predicted octanol–water partition coefficient (Wildman–Crippen LogP) is 1.50. The van der Waals surface area contributed by atoms with Crippen molar-refractivity contribution in [3.8, 4) is 11.5 Å². The molecule has 0 spiro atoms. The van der Waals surface area contributed by atoms with Crippen LogP contribution in [0.1, 0.15) is 0 Å². The van der Waals surface area contributed by atoms with E-state index in [2.05, 4.69) is 10.1 Å². The van der Waals surface area contributed by atoms with Crippen molar-refractivity contribution in [2.75, 3.05) is 19.2 Å². The van der Waals surface area contributed by atoms with Crippen molar-refractivity contribution >= 4 is 17.5 Å². The van der Waals surface area contributed by atoms with Crippen LogP contribution in [0.2, 0.25) is 0 Å². The quantitative estimate of drug-likeness (QED) is 0.621. The summed E-state index contributed by atoms with van der Waals surface area (Å²) < 4.78 is 14.4. The van der Waals surface area contributed by atoms with E-state index in [1.54, 1.807) is 0 Å². The van der Waals surface area contributed by atoms with Gasteiger partial charge in [-0.2, -0.15) is 0 Å². The number of ether oxygens (including phenoxy) is 3. The number of nitro groups is 1. The number of hydrogen-bond donors (Lipinski definition) is 1. The van der Waals surface area contributed by atoms with Crippen LogP contribution in [0.25, 0.3) is 0 Å². The first-order chi connectivity index (χ1) is 8.11. The molecule has 90 valence electrons. The van der Waals surface area contributed by atoms with Gasteiger partial charge in [-0.3, -0.25) is 15.4 Å². The zero-order valence-corrected chi connectivity index (χ0v) is 8.76. The molecule has 1 heterocycles. The van der Waals surface area contributed by atoms with E-state index in [9.17, 15) is 14.9 Å². The van der Waals surface area contributed by atoms with Crippen LogP contribution < -0.4 is 14.8 Å². The standard InChI is InChI=1S/C9H8N2O6/c1-15-9(12)10-5-2-7-8(17-4-16-7)3-6(5)11(13)14/h2-3H,4H2,1H3,(H,10,12). The zero-order valence-electron chi connectivity index (χ0n) is 8.76. The summed E-state index contributed by atoms with van der Waals surface area (Å²) in [5.41, 5.74) is -0.300. The summed E-state index contributed by atoms with van der Waals surface area (Å²) in [6.45, 7) is -0.00579. The molecular formula is C9H8N2O6. The molecule has 2 rings (SSSR count). The van der Waals surface area contributed by atoms with E-state index in [1.807, 2.05) is 0 Å². The van der Waals surface area contributed by atoms with E-state index in [0.29, 0.717) is 5.75 Å². The molecule has 1 aliphatic rings. The second kappa shape index (κ2) is 4.16. The average Bonchev–Trinajstić information content (AvgIpc) is 2.74. The molecule has 0 saturated carbocycles. The van der Waals surface area contributed by atoms with Crippen LogP contribution >= 0.6 is 0 Å². The number of methoxy groups -OCH3 is 1. The lowest BCUT2D eigenvalue weighted by Gasteiger charge is -2.05. The summed E-state index contributed by atoms with van der Waals surface area (Å²) in [5, 5.41) is 13.0. The normalized spacial score (nSPS) is 12.1. The number of nitrogens with zero attached hydrogens (tertiary/aromatic N) is 1. The minimum Gasteiger partial charge on any atom is -0.454 e. The fourth-order valence-corrected chi connectivity index (χ4v) is 1.34. The molecule has 0 aliphatic carbocycles. The van der Waals surface area contributed by atoms with E-state index in [0.717, 1.165) is 7.11 Å². The largest absolute Gasteiger partial charge is 0.454 e. The van der Waals surface area contributed by atoms with Gasteiger partial charge in [0.05, 0.1) is 18.1 Å². The highest BCUT2D eigenvalue weighted by Gasteiger charge is 2.24. The van der Waals surface area contributed by atoms with Gasteiger partial charge in [0.15, 0.2) is 11.5 Å². The molecule has 1 aromatic rings. The number of rotatable bonds is 2. The number of nitrogens with one attached hydrogen (secondary N) is 1. The van der Waals surface area contributed by atoms with Crippen LogP contribution in [-0.2, 0) is 4.74 Å².